The Labute approximate surface area is 127 Å². The number of benzene rings is 1. The van der Waals surface area contributed by atoms with Crippen LogP contribution in [0, 0.1) is 5.92 Å². The fraction of sp³-hybridized carbons (Fsp3) is 0.562. The molecule has 6 heteroatoms. The van der Waals surface area contributed by atoms with Crippen molar-refractivity contribution in [2.75, 3.05) is 6.54 Å². The molecule has 1 fully saturated rings. The van der Waals surface area contributed by atoms with Crippen LogP contribution < -0.4 is 5.32 Å². The highest BCUT2D eigenvalue weighted by Gasteiger charge is 2.30. The molecule has 1 heterocycles. The minimum Gasteiger partial charge on any atom is -0.481 e. The topological polar surface area (TPSA) is 49.3 Å². The van der Waals surface area contributed by atoms with Gasteiger partial charge in [0, 0.05) is 12.5 Å². The van der Waals surface area contributed by atoms with Gasteiger partial charge in [0.1, 0.15) is 0 Å². The van der Waals surface area contributed by atoms with Crippen molar-refractivity contribution in [3.8, 4) is 0 Å². The first-order chi connectivity index (χ1) is 10.3. The number of hydrogen-bond acceptors (Lipinski definition) is 2. The Bertz CT molecular complexity index is 499. The van der Waals surface area contributed by atoms with Crippen molar-refractivity contribution in [2.24, 2.45) is 5.92 Å². The molecule has 0 saturated carbocycles. The maximum Gasteiger partial charge on any atom is 0.416 e. The van der Waals surface area contributed by atoms with E-state index in [2.05, 4.69) is 5.32 Å². The van der Waals surface area contributed by atoms with Gasteiger partial charge in [-0.2, -0.15) is 13.2 Å². The van der Waals surface area contributed by atoms with Crippen LogP contribution >= 0.6 is 0 Å². The molecule has 122 valence electrons. The minimum absolute atomic E-state index is 0.191. The first-order valence-corrected chi connectivity index (χ1v) is 7.46. The highest BCUT2D eigenvalue weighted by atomic mass is 19.4. The molecule has 1 aliphatic rings. The Balaban J connectivity index is 1.83. The number of aryl methyl sites for hydroxylation is 1. The van der Waals surface area contributed by atoms with Crippen LogP contribution in [0.1, 0.15) is 36.8 Å². The summed E-state index contributed by atoms with van der Waals surface area (Å²) in [6.07, 6.45) is -0.931. The SMILES string of the molecule is O=C(O)C[C@@H]1CCN[C@@H](CCc2ccc(C(F)(F)F)cc2)C1. The molecule has 2 atom stereocenters. The Hall–Kier alpha value is -1.56. The smallest absolute Gasteiger partial charge is 0.416 e. The second kappa shape index (κ2) is 7.13. The van der Waals surface area contributed by atoms with Crippen molar-refractivity contribution >= 4 is 5.97 Å². The molecule has 0 unspecified atom stereocenters. The van der Waals surface area contributed by atoms with Crippen LogP contribution in [-0.4, -0.2) is 23.7 Å². The Morgan fingerprint density at radius 1 is 1.27 bits per heavy atom. The molecule has 3 nitrogen and oxygen atoms in total. The van der Waals surface area contributed by atoms with E-state index in [1.165, 1.54) is 12.1 Å². The summed E-state index contributed by atoms with van der Waals surface area (Å²) in [5.41, 5.74) is 0.240. The monoisotopic (exact) mass is 315 g/mol. The maximum atomic E-state index is 12.5. The molecular formula is C16H20F3NO2. The third-order valence-electron chi connectivity index (χ3n) is 4.13. The van der Waals surface area contributed by atoms with E-state index in [9.17, 15) is 18.0 Å². The summed E-state index contributed by atoms with van der Waals surface area (Å²) in [6, 6.07) is 5.48. The average molecular weight is 315 g/mol. The highest BCUT2D eigenvalue weighted by Crippen LogP contribution is 2.29. The zero-order chi connectivity index (χ0) is 16.2. The van der Waals surface area contributed by atoms with Crippen LogP contribution in [0.5, 0.6) is 0 Å². The van der Waals surface area contributed by atoms with Crippen molar-refractivity contribution in [3.63, 3.8) is 0 Å². The Morgan fingerprint density at radius 3 is 2.55 bits per heavy atom. The Kier molecular flexibility index (Phi) is 5.45. The van der Waals surface area contributed by atoms with Crippen molar-refractivity contribution in [1.29, 1.82) is 0 Å². The molecule has 22 heavy (non-hydrogen) atoms. The molecule has 1 aromatic rings. The van der Waals surface area contributed by atoms with Crippen LogP contribution in [0.15, 0.2) is 24.3 Å². The van der Waals surface area contributed by atoms with Crippen LogP contribution in [0.4, 0.5) is 13.2 Å². The van der Waals surface area contributed by atoms with E-state index in [-0.39, 0.29) is 18.4 Å². The number of carbonyl (C=O) groups is 1. The van der Waals surface area contributed by atoms with E-state index in [0.717, 1.165) is 43.5 Å². The van der Waals surface area contributed by atoms with Crippen LogP contribution in [0.2, 0.25) is 0 Å². The van der Waals surface area contributed by atoms with Gasteiger partial charge in [-0.15, -0.1) is 0 Å². The molecule has 0 aromatic heterocycles. The molecule has 0 radical (unpaired) electrons. The number of carboxylic acids is 1. The minimum atomic E-state index is -4.30. The summed E-state index contributed by atoms with van der Waals surface area (Å²) in [5.74, 6) is -0.579. The molecule has 1 aromatic carbocycles. The van der Waals surface area contributed by atoms with Crippen molar-refractivity contribution < 1.29 is 23.1 Å². The van der Waals surface area contributed by atoms with Gasteiger partial charge >= 0.3 is 12.1 Å². The number of aliphatic carboxylic acids is 1. The molecule has 0 spiro atoms. The number of alkyl halides is 3. The lowest BCUT2D eigenvalue weighted by molar-refractivity contribution is -0.139. The third-order valence-corrected chi connectivity index (χ3v) is 4.13. The molecule has 0 aliphatic carbocycles. The number of nitrogens with one attached hydrogen (secondary N) is 1. The van der Waals surface area contributed by atoms with Gasteiger partial charge in [-0.3, -0.25) is 4.79 Å². The first kappa shape index (κ1) is 16.8. The Morgan fingerprint density at radius 2 is 1.95 bits per heavy atom. The maximum absolute atomic E-state index is 12.5. The lowest BCUT2D eigenvalue weighted by atomic mass is 9.87. The summed E-state index contributed by atoms with van der Waals surface area (Å²) in [4.78, 5) is 10.8. The fourth-order valence-electron chi connectivity index (χ4n) is 2.95. The number of carboxylic acid groups (broad SMARTS) is 1. The predicted molar refractivity (Wildman–Crippen MR) is 76.5 cm³/mol. The van der Waals surface area contributed by atoms with Gasteiger partial charge in [0.25, 0.3) is 0 Å². The second-order valence-corrected chi connectivity index (χ2v) is 5.87. The van der Waals surface area contributed by atoms with Gasteiger partial charge in [0.15, 0.2) is 0 Å². The van der Waals surface area contributed by atoms with Gasteiger partial charge in [-0.05, 0) is 55.8 Å². The molecule has 1 saturated heterocycles. The molecule has 0 bridgehead atoms. The number of piperidine rings is 1. The third kappa shape index (κ3) is 5.02. The average Bonchev–Trinajstić information content (AvgIpc) is 2.44. The van der Waals surface area contributed by atoms with Crippen molar-refractivity contribution in [3.05, 3.63) is 35.4 Å². The van der Waals surface area contributed by atoms with Gasteiger partial charge in [0.05, 0.1) is 5.56 Å². The molecule has 2 rings (SSSR count). The van der Waals surface area contributed by atoms with E-state index in [1.54, 1.807) is 0 Å². The molecular weight excluding hydrogens is 295 g/mol. The summed E-state index contributed by atoms with van der Waals surface area (Å²) >= 11 is 0. The van der Waals surface area contributed by atoms with Crippen LogP contribution in [0.25, 0.3) is 0 Å². The standard InChI is InChI=1S/C16H20F3NO2/c17-16(18,19)13-4-1-11(2-5-13)3-6-14-9-12(7-8-20-14)10-15(21)22/h1-2,4-5,12,14,20H,3,6-10H2,(H,21,22)/t12-,14+/m1/s1. The predicted octanol–water partition coefficient (Wildman–Crippen LogP) is 3.48. The van der Waals surface area contributed by atoms with E-state index < -0.39 is 17.7 Å². The lowest BCUT2D eigenvalue weighted by Crippen LogP contribution is -2.38. The van der Waals surface area contributed by atoms with E-state index >= 15 is 0 Å². The molecule has 2 N–H and O–H groups in total. The van der Waals surface area contributed by atoms with Gasteiger partial charge in [0.2, 0.25) is 0 Å². The number of halogens is 3. The first-order valence-electron chi connectivity index (χ1n) is 7.46. The summed E-state index contributed by atoms with van der Waals surface area (Å²) in [6.45, 7) is 0.801. The highest BCUT2D eigenvalue weighted by molar-refractivity contribution is 5.67. The van der Waals surface area contributed by atoms with Gasteiger partial charge in [-0.1, -0.05) is 12.1 Å². The second-order valence-electron chi connectivity index (χ2n) is 5.87. The quantitative estimate of drug-likeness (QED) is 0.874. The van der Waals surface area contributed by atoms with Gasteiger partial charge in [-0.25, -0.2) is 0 Å². The molecule has 0 amide bonds. The number of rotatable bonds is 5. The van der Waals surface area contributed by atoms with E-state index in [0.29, 0.717) is 6.42 Å². The van der Waals surface area contributed by atoms with Crippen molar-refractivity contribution in [2.45, 2.75) is 44.3 Å². The van der Waals surface area contributed by atoms with E-state index in [1.807, 2.05) is 0 Å². The van der Waals surface area contributed by atoms with Crippen LogP contribution in [-0.2, 0) is 17.4 Å². The summed E-state index contributed by atoms with van der Waals surface area (Å²) in [7, 11) is 0. The number of hydrogen-bond donors (Lipinski definition) is 2. The zero-order valence-electron chi connectivity index (χ0n) is 12.2. The van der Waals surface area contributed by atoms with Crippen molar-refractivity contribution in [1.82, 2.24) is 5.32 Å². The summed E-state index contributed by atoms with van der Waals surface area (Å²) < 4.78 is 37.5. The molecule has 1 aliphatic heterocycles. The lowest BCUT2D eigenvalue weighted by Gasteiger charge is -2.29. The summed E-state index contributed by atoms with van der Waals surface area (Å²) in [5, 5.41) is 12.2. The zero-order valence-corrected chi connectivity index (χ0v) is 12.2. The largest absolute Gasteiger partial charge is 0.481 e. The normalized spacial score (nSPS) is 22.5. The van der Waals surface area contributed by atoms with E-state index in [4.69, 9.17) is 5.11 Å². The fourth-order valence-corrected chi connectivity index (χ4v) is 2.95. The van der Waals surface area contributed by atoms with Crippen LogP contribution in [0.3, 0.4) is 0 Å². The van der Waals surface area contributed by atoms with Gasteiger partial charge < -0.3 is 10.4 Å².